The van der Waals surface area contributed by atoms with E-state index in [0.717, 1.165) is 4.90 Å². The Bertz CT molecular complexity index is 1360. The summed E-state index contributed by atoms with van der Waals surface area (Å²) in [6, 6.07) is 12.5. The zero-order chi connectivity index (χ0) is 25.7. The lowest BCUT2D eigenvalue weighted by atomic mass is 10.1. The number of carbonyl (C=O) groups is 4. The van der Waals surface area contributed by atoms with Gasteiger partial charge < -0.3 is 19.2 Å². The first-order chi connectivity index (χ1) is 17.4. The van der Waals surface area contributed by atoms with E-state index in [0.29, 0.717) is 36.1 Å². The van der Waals surface area contributed by atoms with Crippen LogP contribution in [0.25, 0.3) is 11.0 Å². The van der Waals surface area contributed by atoms with Crippen molar-refractivity contribution in [3.8, 4) is 5.75 Å². The minimum atomic E-state index is -0.809. The number of fused-ring (bicyclic) bond motifs is 2. The van der Waals surface area contributed by atoms with E-state index >= 15 is 0 Å². The molecule has 0 saturated heterocycles. The molecule has 3 amide bonds. The molecule has 36 heavy (non-hydrogen) atoms. The number of nitrogens with one attached hydrogen (secondary N) is 1. The van der Waals surface area contributed by atoms with Crippen LogP contribution in [0.2, 0.25) is 0 Å². The summed E-state index contributed by atoms with van der Waals surface area (Å²) in [5.74, 6) is -1.71. The molecule has 0 bridgehead atoms. The van der Waals surface area contributed by atoms with E-state index in [1.165, 1.54) is 18.2 Å². The molecule has 0 aliphatic carbocycles. The molecule has 10 nitrogen and oxygen atoms in total. The summed E-state index contributed by atoms with van der Waals surface area (Å²) in [5, 5.41) is 3.12. The number of esters is 1. The molecule has 0 spiro atoms. The molecule has 4 rings (SSSR count). The Kier molecular flexibility index (Phi) is 7.55. The molecule has 0 saturated carbocycles. The first-order valence-electron chi connectivity index (χ1n) is 11.4. The lowest BCUT2D eigenvalue weighted by Gasteiger charge is -2.13. The van der Waals surface area contributed by atoms with Gasteiger partial charge in [0.2, 0.25) is 0 Å². The zero-order valence-corrected chi connectivity index (χ0v) is 19.6. The van der Waals surface area contributed by atoms with Gasteiger partial charge in [-0.1, -0.05) is 12.1 Å². The summed E-state index contributed by atoms with van der Waals surface area (Å²) < 4.78 is 15.5. The maximum absolute atomic E-state index is 12.4. The maximum Gasteiger partial charge on any atom is 0.349 e. The molecule has 1 aliphatic heterocycles. The fourth-order valence-electron chi connectivity index (χ4n) is 3.83. The molecule has 2 heterocycles. The second-order valence-electron chi connectivity index (χ2n) is 8.13. The second kappa shape index (κ2) is 11.0. The SMILES string of the molecule is COCCCNC(=O)c1cc2ccc(OC(=O)CCCN3C(=O)c4ccccc4C3=O)cc2oc1=O. The molecule has 1 aliphatic rings. The predicted molar refractivity (Wildman–Crippen MR) is 128 cm³/mol. The Morgan fingerprint density at radius 2 is 1.69 bits per heavy atom. The van der Waals surface area contributed by atoms with Gasteiger partial charge in [-0.2, -0.15) is 0 Å². The van der Waals surface area contributed by atoms with Crippen LogP contribution in [-0.2, 0) is 9.53 Å². The first-order valence-corrected chi connectivity index (χ1v) is 11.4. The summed E-state index contributed by atoms with van der Waals surface area (Å²) in [6.07, 6.45) is 0.807. The van der Waals surface area contributed by atoms with Crippen molar-refractivity contribution in [2.45, 2.75) is 19.3 Å². The average molecular weight is 492 g/mol. The van der Waals surface area contributed by atoms with Crippen LogP contribution in [0.1, 0.15) is 50.3 Å². The normalized spacial score (nSPS) is 12.6. The van der Waals surface area contributed by atoms with Gasteiger partial charge in [0.15, 0.2) is 0 Å². The highest BCUT2D eigenvalue weighted by Gasteiger charge is 2.34. The van der Waals surface area contributed by atoms with Crippen molar-refractivity contribution in [1.29, 1.82) is 0 Å². The fraction of sp³-hybridized carbons (Fsp3) is 0.269. The van der Waals surface area contributed by atoms with Crippen molar-refractivity contribution >= 4 is 34.7 Å². The van der Waals surface area contributed by atoms with Crippen molar-refractivity contribution in [2.75, 3.05) is 26.8 Å². The Morgan fingerprint density at radius 3 is 2.39 bits per heavy atom. The molecule has 1 aromatic heterocycles. The molecule has 0 atom stereocenters. The molecule has 0 radical (unpaired) electrons. The molecule has 10 heteroatoms. The van der Waals surface area contributed by atoms with Crippen LogP contribution in [-0.4, -0.2) is 55.4 Å². The standard InChI is InChI=1S/C26H24N2O8/c1-34-13-5-11-27-23(30)20-14-16-9-10-17(15-21(16)36-26(20)33)35-22(29)8-4-12-28-24(31)18-6-2-3-7-19(18)25(28)32/h2-3,6-7,9-10,14-15H,4-5,8,11-13H2,1H3,(H,27,30). The number of carbonyl (C=O) groups excluding carboxylic acids is 4. The molecular weight excluding hydrogens is 468 g/mol. The van der Waals surface area contributed by atoms with Crippen LogP contribution in [0, 0.1) is 0 Å². The zero-order valence-electron chi connectivity index (χ0n) is 19.6. The number of rotatable bonds is 10. The van der Waals surface area contributed by atoms with E-state index in [-0.39, 0.29) is 48.1 Å². The van der Waals surface area contributed by atoms with E-state index in [9.17, 15) is 24.0 Å². The largest absolute Gasteiger partial charge is 0.426 e. The number of benzene rings is 2. The van der Waals surface area contributed by atoms with Gasteiger partial charge in [0, 0.05) is 44.7 Å². The third-order valence-corrected chi connectivity index (χ3v) is 5.64. The summed E-state index contributed by atoms with van der Waals surface area (Å²) in [4.78, 5) is 62.7. The van der Waals surface area contributed by atoms with Crippen molar-refractivity contribution in [2.24, 2.45) is 0 Å². The van der Waals surface area contributed by atoms with Gasteiger partial charge in [-0.15, -0.1) is 0 Å². The Morgan fingerprint density at radius 1 is 0.972 bits per heavy atom. The molecular formula is C26H24N2O8. The minimum absolute atomic E-state index is 0.0302. The highest BCUT2D eigenvalue weighted by molar-refractivity contribution is 6.21. The number of imide groups is 1. The molecule has 186 valence electrons. The third kappa shape index (κ3) is 5.33. The summed E-state index contributed by atoms with van der Waals surface area (Å²) in [6.45, 7) is 0.924. The van der Waals surface area contributed by atoms with Crippen LogP contribution in [0.15, 0.2) is 57.7 Å². The molecule has 3 aromatic rings. The molecule has 0 unspecified atom stereocenters. The second-order valence-corrected chi connectivity index (χ2v) is 8.13. The van der Waals surface area contributed by atoms with Crippen LogP contribution >= 0.6 is 0 Å². The van der Waals surface area contributed by atoms with Crippen LogP contribution in [0.3, 0.4) is 0 Å². The van der Waals surface area contributed by atoms with Gasteiger partial charge in [0.05, 0.1) is 11.1 Å². The van der Waals surface area contributed by atoms with Gasteiger partial charge in [0.25, 0.3) is 17.7 Å². The predicted octanol–water partition coefficient (Wildman–Crippen LogP) is 2.54. The summed E-state index contributed by atoms with van der Waals surface area (Å²) in [5.41, 5.74) is -0.0647. The average Bonchev–Trinajstić information content (AvgIpc) is 3.11. The van der Waals surface area contributed by atoms with Gasteiger partial charge in [-0.3, -0.25) is 24.1 Å². The fourth-order valence-corrected chi connectivity index (χ4v) is 3.83. The van der Waals surface area contributed by atoms with Crippen LogP contribution in [0.5, 0.6) is 5.75 Å². The van der Waals surface area contributed by atoms with Crippen molar-refractivity contribution in [3.05, 3.63) is 75.6 Å². The summed E-state index contributed by atoms with van der Waals surface area (Å²) >= 11 is 0. The monoisotopic (exact) mass is 492 g/mol. The Balaban J connectivity index is 1.33. The smallest absolute Gasteiger partial charge is 0.349 e. The number of amides is 3. The highest BCUT2D eigenvalue weighted by atomic mass is 16.5. The van der Waals surface area contributed by atoms with Gasteiger partial charge >= 0.3 is 11.6 Å². The van der Waals surface area contributed by atoms with Crippen LogP contribution in [0.4, 0.5) is 0 Å². The third-order valence-electron chi connectivity index (χ3n) is 5.64. The lowest BCUT2D eigenvalue weighted by Crippen LogP contribution is -2.31. The molecule has 1 N–H and O–H groups in total. The van der Waals surface area contributed by atoms with E-state index in [4.69, 9.17) is 13.9 Å². The number of ether oxygens (including phenoxy) is 2. The van der Waals surface area contributed by atoms with Gasteiger partial charge in [0.1, 0.15) is 16.9 Å². The van der Waals surface area contributed by atoms with E-state index in [1.807, 2.05) is 0 Å². The van der Waals surface area contributed by atoms with Crippen molar-refractivity contribution in [1.82, 2.24) is 10.2 Å². The number of hydrogen-bond donors (Lipinski definition) is 1. The van der Waals surface area contributed by atoms with Crippen molar-refractivity contribution in [3.63, 3.8) is 0 Å². The lowest BCUT2D eigenvalue weighted by molar-refractivity contribution is -0.134. The first kappa shape index (κ1) is 24.8. The quantitative estimate of drug-likeness (QED) is 0.150. The van der Waals surface area contributed by atoms with Gasteiger partial charge in [-0.05, 0) is 43.2 Å². The summed E-state index contributed by atoms with van der Waals surface area (Å²) in [7, 11) is 1.56. The Hall–Kier alpha value is -4.31. The van der Waals surface area contributed by atoms with Crippen LogP contribution < -0.4 is 15.7 Å². The maximum atomic E-state index is 12.4. The Labute approximate surface area is 205 Å². The van der Waals surface area contributed by atoms with Crippen molar-refractivity contribution < 1.29 is 33.1 Å². The molecule has 0 fully saturated rings. The number of methoxy groups -OCH3 is 1. The van der Waals surface area contributed by atoms with E-state index in [2.05, 4.69) is 5.32 Å². The topological polar surface area (TPSA) is 132 Å². The minimum Gasteiger partial charge on any atom is -0.426 e. The van der Waals surface area contributed by atoms with E-state index < -0.39 is 17.5 Å². The van der Waals surface area contributed by atoms with Gasteiger partial charge in [-0.25, -0.2) is 4.79 Å². The van der Waals surface area contributed by atoms with E-state index in [1.54, 1.807) is 37.4 Å². The number of nitrogens with zero attached hydrogens (tertiary/aromatic N) is 1. The molecule has 2 aromatic carbocycles. The highest BCUT2D eigenvalue weighted by Crippen LogP contribution is 2.23. The number of hydrogen-bond acceptors (Lipinski definition) is 8.